The van der Waals surface area contributed by atoms with Crippen LogP contribution in [0.1, 0.15) is 38.2 Å². The van der Waals surface area contributed by atoms with Gasteiger partial charge in [-0.2, -0.15) is 26.3 Å². The lowest BCUT2D eigenvalue weighted by atomic mass is 9.89. The molecule has 2 aliphatic rings. The maximum absolute atomic E-state index is 13.3. The lowest BCUT2D eigenvalue weighted by Crippen LogP contribution is -2.40. The van der Waals surface area contributed by atoms with Crippen LogP contribution in [0.3, 0.4) is 0 Å². The first kappa shape index (κ1) is 23.5. The summed E-state index contributed by atoms with van der Waals surface area (Å²) in [5, 5.41) is 0. The first-order chi connectivity index (χ1) is 14.3. The first-order valence-corrected chi connectivity index (χ1v) is 9.82. The number of anilines is 1. The quantitative estimate of drug-likeness (QED) is 0.379. The highest BCUT2D eigenvalue weighted by atomic mass is 19.4. The fraction of sp³-hybridized carbons (Fsp3) is 0.524. The summed E-state index contributed by atoms with van der Waals surface area (Å²) in [6, 6.07) is 2.60. The van der Waals surface area contributed by atoms with E-state index >= 15 is 0 Å². The molecule has 4 nitrogen and oxygen atoms in total. The molecule has 4 atom stereocenters. The summed E-state index contributed by atoms with van der Waals surface area (Å²) in [6.45, 7) is 1.61. The van der Waals surface area contributed by atoms with Crippen molar-refractivity contribution >= 4 is 5.69 Å². The zero-order valence-electron chi connectivity index (χ0n) is 16.8. The molecule has 3 rings (SSSR count). The summed E-state index contributed by atoms with van der Waals surface area (Å²) in [5.41, 5.74) is 8.20. The molecule has 31 heavy (non-hydrogen) atoms. The van der Waals surface area contributed by atoms with Gasteiger partial charge in [-0.1, -0.05) is 12.2 Å². The van der Waals surface area contributed by atoms with Crippen molar-refractivity contribution in [1.82, 2.24) is 0 Å². The monoisotopic (exact) mass is 450 g/mol. The molecule has 0 radical (unpaired) electrons. The van der Waals surface area contributed by atoms with E-state index in [9.17, 15) is 26.3 Å². The molecular formula is C21H24F6N2O2. The van der Waals surface area contributed by atoms with Crippen LogP contribution in [0.4, 0.5) is 32.0 Å². The van der Waals surface area contributed by atoms with E-state index in [1.807, 2.05) is 0 Å². The lowest BCUT2D eigenvalue weighted by Gasteiger charge is -2.36. The molecule has 0 aromatic heterocycles. The molecule has 0 saturated carbocycles. The SMILES string of the molecule is CC1(Oc2ccc(N)cc2C(F)(F)F)C=CC(OC2CCC(N)C=C2C(F)(F)F)CC1. The van der Waals surface area contributed by atoms with E-state index in [1.54, 1.807) is 6.92 Å². The molecule has 4 N–H and O–H groups in total. The Labute approximate surface area is 175 Å². The minimum atomic E-state index is -4.65. The van der Waals surface area contributed by atoms with Crippen LogP contribution in [0.25, 0.3) is 0 Å². The summed E-state index contributed by atoms with van der Waals surface area (Å²) < 4.78 is 91.2. The summed E-state index contributed by atoms with van der Waals surface area (Å²) in [5.74, 6) is -0.364. The summed E-state index contributed by atoms with van der Waals surface area (Å²) in [4.78, 5) is 0. The number of benzene rings is 1. The zero-order valence-corrected chi connectivity index (χ0v) is 16.8. The van der Waals surface area contributed by atoms with E-state index in [2.05, 4.69) is 0 Å². The summed E-state index contributed by atoms with van der Waals surface area (Å²) >= 11 is 0. The van der Waals surface area contributed by atoms with Crippen molar-refractivity contribution in [1.29, 1.82) is 0 Å². The van der Waals surface area contributed by atoms with Crippen LogP contribution in [-0.2, 0) is 10.9 Å². The van der Waals surface area contributed by atoms with Gasteiger partial charge in [0.1, 0.15) is 11.4 Å². The van der Waals surface area contributed by atoms with Gasteiger partial charge in [0, 0.05) is 11.7 Å². The number of halogens is 6. The highest BCUT2D eigenvalue weighted by Gasteiger charge is 2.43. The van der Waals surface area contributed by atoms with Crippen LogP contribution < -0.4 is 16.2 Å². The molecule has 4 unspecified atom stereocenters. The number of ether oxygens (including phenoxy) is 2. The van der Waals surface area contributed by atoms with Crippen LogP contribution in [0.2, 0.25) is 0 Å². The second-order valence-corrected chi connectivity index (χ2v) is 8.09. The molecule has 1 aromatic rings. The Kier molecular flexibility index (Phi) is 6.35. The average molecular weight is 450 g/mol. The number of hydrogen-bond donors (Lipinski definition) is 2. The highest BCUT2D eigenvalue weighted by molar-refractivity contribution is 5.49. The number of hydrogen-bond acceptors (Lipinski definition) is 4. The maximum Gasteiger partial charge on any atom is 0.420 e. The Bertz CT molecular complexity index is 864. The second kappa shape index (κ2) is 8.38. The number of rotatable bonds is 4. The molecule has 0 amide bonds. The zero-order chi connectivity index (χ0) is 23.0. The Morgan fingerprint density at radius 3 is 2.32 bits per heavy atom. The van der Waals surface area contributed by atoms with Crippen LogP contribution >= 0.6 is 0 Å². The molecule has 172 valence electrons. The van der Waals surface area contributed by atoms with Gasteiger partial charge >= 0.3 is 12.4 Å². The fourth-order valence-corrected chi connectivity index (χ4v) is 3.78. The van der Waals surface area contributed by atoms with E-state index in [-0.39, 0.29) is 30.7 Å². The number of alkyl halides is 6. The topological polar surface area (TPSA) is 70.5 Å². The number of nitrogen functional groups attached to an aromatic ring is 1. The maximum atomic E-state index is 13.3. The third-order valence-electron chi connectivity index (χ3n) is 5.41. The minimum Gasteiger partial charge on any atom is -0.483 e. The molecule has 1 aromatic carbocycles. The van der Waals surface area contributed by atoms with Gasteiger partial charge in [-0.15, -0.1) is 0 Å². The van der Waals surface area contributed by atoms with Gasteiger partial charge < -0.3 is 20.9 Å². The Balaban J connectivity index is 1.72. The second-order valence-electron chi connectivity index (χ2n) is 8.09. The minimum absolute atomic E-state index is 0.0433. The van der Waals surface area contributed by atoms with E-state index in [0.29, 0.717) is 6.42 Å². The van der Waals surface area contributed by atoms with Gasteiger partial charge in [0.25, 0.3) is 0 Å². The van der Waals surface area contributed by atoms with Gasteiger partial charge in [-0.3, -0.25) is 0 Å². The average Bonchev–Trinajstić information content (AvgIpc) is 2.65. The molecule has 10 heteroatoms. The van der Waals surface area contributed by atoms with Gasteiger partial charge in [-0.05, 0) is 56.9 Å². The van der Waals surface area contributed by atoms with Gasteiger partial charge in [-0.25, -0.2) is 0 Å². The Morgan fingerprint density at radius 2 is 1.74 bits per heavy atom. The van der Waals surface area contributed by atoms with E-state index in [4.69, 9.17) is 20.9 Å². The Morgan fingerprint density at radius 1 is 1.03 bits per heavy atom. The van der Waals surface area contributed by atoms with Crippen molar-refractivity contribution in [2.24, 2.45) is 5.73 Å². The third kappa shape index (κ3) is 5.74. The normalized spacial score (nSPS) is 29.5. The van der Waals surface area contributed by atoms with Crippen molar-refractivity contribution < 1.29 is 35.8 Å². The van der Waals surface area contributed by atoms with Crippen molar-refractivity contribution in [2.75, 3.05) is 5.73 Å². The van der Waals surface area contributed by atoms with Crippen molar-refractivity contribution in [3.05, 3.63) is 47.6 Å². The Hall–Kier alpha value is -2.20. The molecule has 0 spiro atoms. The molecule has 2 aliphatic carbocycles. The van der Waals surface area contributed by atoms with E-state index < -0.39 is 47.3 Å². The largest absolute Gasteiger partial charge is 0.483 e. The molecule has 0 aliphatic heterocycles. The van der Waals surface area contributed by atoms with Crippen LogP contribution in [0.5, 0.6) is 5.75 Å². The molecular weight excluding hydrogens is 426 g/mol. The van der Waals surface area contributed by atoms with E-state index in [1.165, 1.54) is 18.2 Å². The third-order valence-corrected chi connectivity index (χ3v) is 5.41. The van der Waals surface area contributed by atoms with Crippen LogP contribution in [0, 0.1) is 0 Å². The van der Waals surface area contributed by atoms with Gasteiger partial charge in [0.05, 0.1) is 23.3 Å². The highest BCUT2D eigenvalue weighted by Crippen LogP contribution is 2.41. The predicted molar refractivity (Wildman–Crippen MR) is 103 cm³/mol. The summed E-state index contributed by atoms with van der Waals surface area (Å²) in [7, 11) is 0. The first-order valence-electron chi connectivity index (χ1n) is 9.82. The molecule has 0 bridgehead atoms. The lowest BCUT2D eigenvalue weighted by molar-refractivity contribution is -0.139. The van der Waals surface area contributed by atoms with Crippen molar-refractivity contribution in [3.8, 4) is 5.75 Å². The van der Waals surface area contributed by atoms with Crippen molar-refractivity contribution in [3.63, 3.8) is 0 Å². The number of nitrogens with two attached hydrogens (primary N) is 2. The van der Waals surface area contributed by atoms with Crippen molar-refractivity contribution in [2.45, 2.75) is 68.8 Å². The van der Waals surface area contributed by atoms with Gasteiger partial charge in [0.15, 0.2) is 0 Å². The standard InChI is InChI=1S/C21H24F6N2O2/c1-19(31-18-5-3-13(29)11-16(18)21(25,26)27)8-6-14(7-9-19)30-17-4-2-12(28)10-15(17)20(22,23)24/h3,5-6,8,10-12,14,17H,2,4,7,9,28-29H2,1H3. The smallest absolute Gasteiger partial charge is 0.420 e. The van der Waals surface area contributed by atoms with Crippen LogP contribution in [-0.4, -0.2) is 30.0 Å². The predicted octanol–water partition coefficient (Wildman–Crippen LogP) is 5.14. The molecule has 0 saturated heterocycles. The fourth-order valence-electron chi connectivity index (χ4n) is 3.78. The van der Waals surface area contributed by atoms with Crippen LogP contribution in [0.15, 0.2) is 42.0 Å². The van der Waals surface area contributed by atoms with Gasteiger partial charge in [0.2, 0.25) is 0 Å². The van der Waals surface area contributed by atoms with E-state index in [0.717, 1.165) is 18.2 Å². The summed E-state index contributed by atoms with van der Waals surface area (Å²) in [6.07, 6.45) is -5.81. The molecule has 0 fully saturated rings. The molecule has 0 heterocycles.